The highest BCUT2D eigenvalue weighted by Crippen LogP contribution is 2.19. The summed E-state index contributed by atoms with van der Waals surface area (Å²) in [6, 6.07) is 6.08. The minimum absolute atomic E-state index is 0.0756. The van der Waals surface area contributed by atoms with Crippen LogP contribution in [0.5, 0.6) is 0 Å². The van der Waals surface area contributed by atoms with E-state index in [9.17, 15) is 4.79 Å². The molecule has 1 atom stereocenters. The van der Waals surface area contributed by atoms with Crippen molar-refractivity contribution in [1.82, 2.24) is 15.3 Å². The van der Waals surface area contributed by atoms with Crippen LogP contribution in [0, 0.1) is 0 Å². The lowest BCUT2D eigenvalue weighted by Gasteiger charge is -2.24. The van der Waals surface area contributed by atoms with Gasteiger partial charge in [0.05, 0.1) is 0 Å². The summed E-state index contributed by atoms with van der Waals surface area (Å²) >= 11 is 0. The van der Waals surface area contributed by atoms with Crippen LogP contribution in [-0.4, -0.2) is 29.1 Å². The summed E-state index contributed by atoms with van der Waals surface area (Å²) < 4.78 is 0. The van der Waals surface area contributed by atoms with Crippen LogP contribution in [0.25, 0.3) is 11.1 Å². The second-order valence-corrected chi connectivity index (χ2v) is 5.05. The van der Waals surface area contributed by atoms with Gasteiger partial charge in [0.2, 0.25) is 0 Å². The largest absolute Gasteiger partial charge is 0.377 e. The number of nitrogens with one attached hydrogen (secondary N) is 3. The highest BCUT2D eigenvalue weighted by Gasteiger charge is 2.14. The van der Waals surface area contributed by atoms with E-state index in [1.807, 2.05) is 18.2 Å². The standard InChI is InChI=1S/C15H18N4O/c20-15-14(19-13-2-1-5-17-10-13)8-12(9-18-15)11-3-6-16-7-4-11/h3-4,6-9,13,17,19H,1-2,5,10H2,(H,18,20)/t13-/m1/s1. The number of piperidine rings is 1. The summed E-state index contributed by atoms with van der Waals surface area (Å²) in [6.45, 7) is 1.96. The molecule has 5 heteroatoms. The van der Waals surface area contributed by atoms with Gasteiger partial charge in [-0.15, -0.1) is 0 Å². The summed E-state index contributed by atoms with van der Waals surface area (Å²) in [7, 11) is 0. The Morgan fingerprint density at radius 2 is 2.10 bits per heavy atom. The molecule has 20 heavy (non-hydrogen) atoms. The van der Waals surface area contributed by atoms with E-state index in [-0.39, 0.29) is 5.56 Å². The average Bonchev–Trinajstić information content (AvgIpc) is 2.51. The van der Waals surface area contributed by atoms with E-state index in [1.165, 1.54) is 0 Å². The number of pyridine rings is 2. The van der Waals surface area contributed by atoms with Crippen LogP contribution in [0.4, 0.5) is 5.69 Å². The van der Waals surface area contributed by atoms with E-state index < -0.39 is 0 Å². The minimum atomic E-state index is -0.0756. The Morgan fingerprint density at radius 1 is 1.25 bits per heavy atom. The van der Waals surface area contributed by atoms with Gasteiger partial charge in [0.25, 0.3) is 5.56 Å². The van der Waals surface area contributed by atoms with Crippen molar-refractivity contribution >= 4 is 5.69 Å². The van der Waals surface area contributed by atoms with Gasteiger partial charge in [-0.1, -0.05) is 0 Å². The topological polar surface area (TPSA) is 69.8 Å². The van der Waals surface area contributed by atoms with E-state index in [4.69, 9.17) is 0 Å². The first-order valence-electron chi connectivity index (χ1n) is 6.93. The van der Waals surface area contributed by atoms with E-state index in [0.717, 1.165) is 37.1 Å². The van der Waals surface area contributed by atoms with Gasteiger partial charge in [0, 0.05) is 36.7 Å². The summed E-state index contributed by atoms with van der Waals surface area (Å²) in [5, 5.41) is 6.68. The van der Waals surface area contributed by atoms with Crippen molar-refractivity contribution in [1.29, 1.82) is 0 Å². The number of hydrogen-bond acceptors (Lipinski definition) is 4. The van der Waals surface area contributed by atoms with Gasteiger partial charge in [0.15, 0.2) is 0 Å². The predicted octanol–water partition coefficient (Wildman–Crippen LogP) is 1.60. The first-order valence-corrected chi connectivity index (χ1v) is 6.93. The molecule has 0 unspecified atom stereocenters. The fourth-order valence-corrected chi connectivity index (χ4v) is 2.50. The van der Waals surface area contributed by atoms with Crippen LogP contribution in [0.2, 0.25) is 0 Å². The second-order valence-electron chi connectivity index (χ2n) is 5.05. The molecule has 0 spiro atoms. The number of nitrogens with zero attached hydrogens (tertiary/aromatic N) is 1. The van der Waals surface area contributed by atoms with Gasteiger partial charge in [-0.2, -0.15) is 0 Å². The van der Waals surface area contributed by atoms with Crippen LogP contribution in [-0.2, 0) is 0 Å². The molecule has 2 aromatic heterocycles. The first-order chi connectivity index (χ1) is 9.83. The van der Waals surface area contributed by atoms with Crippen molar-refractivity contribution in [3.63, 3.8) is 0 Å². The molecule has 3 heterocycles. The van der Waals surface area contributed by atoms with Gasteiger partial charge in [-0.05, 0) is 43.1 Å². The molecule has 104 valence electrons. The van der Waals surface area contributed by atoms with E-state index >= 15 is 0 Å². The highest BCUT2D eigenvalue weighted by atomic mass is 16.1. The maximum Gasteiger partial charge on any atom is 0.271 e. The Morgan fingerprint density at radius 3 is 2.85 bits per heavy atom. The Hall–Kier alpha value is -2.14. The zero-order chi connectivity index (χ0) is 13.8. The van der Waals surface area contributed by atoms with Gasteiger partial charge in [-0.3, -0.25) is 9.78 Å². The normalized spacial score (nSPS) is 18.7. The Labute approximate surface area is 117 Å². The quantitative estimate of drug-likeness (QED) is 0.792. The molecule has 0 aromatic carbocycles. The molecule has 1 fully saturated rings. The molecule has 0 bridgehead atoms. The molecule has 0 aliphatic carbocycles. The monoisotopic (exact) mass is 270 g/mol. The van der Waals surface area contributed by atoms with Crippen LogP contribution < -0.4 is 16.2 Å². The highest BCUT2D eigenvalue weighted by molar-refractivity contribution is 5.66. The van der Waals surface area contributed by atoms with E-state index in [1.54, 1.807) is 18.6 Å². The maximum atomic E-state index is 11.9. The molecule has 3 N–H and O–H groups in total. The summed E-state index contributed by atoms with van der Waals surface area (Å²) in [6.07, 6.45) is 7.46. The second kappa shape index (κ2) is 5.88. The third-order valence-electron chi connectivity index (χ3n) is 3.57. The molecule has 0 amide bonds. The van der Waals surface area contributed by atoms with Gasteiger partial charge in [-0.25, -0.2) is 0 Å². The molecule has 1 aliphatic rings. The number of aromatic nitrogens is 2. The van der Waals surface area contributed by atoms with Crippen molar-refractivity contribution in [3.8, 4) is 11.1 Å². The molecule has 2 aromatic rings. The Kier molecular flexibility index (Phi) is 3.78. The number of hydrogen-bond donors (Lipinski definition) is 3. The summed E-state index contributed by atoms with van der Waals surface area (Å²) in [4.78, 5) is 18.7. The third kappa shape index (κ3) is 2.88. The van der Waals surface area contributed by atoms with Crippen molar-refractivity contribution in [2.45, 2.75) is 18.9 Å². The van der Waals surface area contributed by atoms with Crippen molar-refractivity contribution < 1.29 is 0 Å². The summed E-state index contributed by atoms with van der Waals surface area (Å²) in [5.74, 6) is 0. The third-order valence-corrected chi connectivity index (χ3v) is 3.57. The zero-order valence-electron chi connectivity index (χ0n) is 11.2. The Bertz CT molecular complexity index is 617. The smallest absolute Gasteiger partial charge is 0.271 e. The van der Waals surface area contributed by atoms with Gasteiger partial charge in [0.1, 0.15) is 5.69 Å². The van der Waals surface area contributed by atoms with E-state index in [2.05, 4.69) is 20.6 Å². The lowest BCUT2D eigenvalue weighted by molar-refractivity contribution is 0.479. The van der Waals surface area contributed by atoms with Crippen molar-refractivity contribution in [2.24, 2.45) is 0 Å². The predicted molar refractivity (Wildman–Crippen MR) is 79.8 cm³/mol. The molecule has 5 nitrogen and oxygen atoms in total. The fourth-order valence-electron chi connectivity index (χ4n) is 2.50. The van der Waals surface area contributed by atoms with Crippen LogP contribution in [0.3, 0.4) is 0 Å². The Balaban J connectivity index is 1.85. The van der Waals surface area contributed by atoms with E-state index in [0.29, 0.717) is 11.7 Å². The van der Waals surface area contributed by atoms with Crippen LogP contribution in [0.15, 0.2) is 41.6 Å². The maximum absolute atomic E-state index is 11.9. The molecular weight excluding hydrogens is 252 g/mol. The summed E-state index contributed by atoms with van der Waals surface area (Å²) in [5.41, 5.74) is 2.58. The lowest BCUT2D eigenvalue weighted by Crippen LogP contribution is -2.39. The van der Waals surface area contributed by atoms with Crippen LogP contribution in [0.1, 0.15) is 12.8 Å². The fraction of sp³-hybridized carbons (Fsp3) is 0.333. The molecular formula is C15H18N4O. The SMILES string of the molecule is O=c1[nH]cc(-c2ccncc2)cc1N[C@@H]1CCCNC1. The zero-order valence-corrected chi connectivity index (χ0v) is 11.2. The van der Waals surface area contributed by atoms with Gasteiger partial charge < -0.3 is 15.6 Å². The van der Waals surface area contributed by atoms with Crippen molar-refractivity contribution in [3.05, 3.63) is 47.1 Å². The average molecular weight is 270 g/mol. The number of H-pyrrole nitrogens is 1. The minimum Gasteiger partial charge on any atom is -0.377 e. The lowest BCUT2D eigenvalue weighted by atomic mass is 10.1. The number of rotatable bonds is 3. The first kappa shape index (κ1) is 12.9. The number of anilines is 1. The van der Waals surface area contributed by atoms with Crippen molar-refractivity contribution in [2.75, 3.05) is 18.4 Å². The molecule has 1 aliphatic heterocycles. The number of aromatic amines is 1. The van der Waals surface area contributed by atoms with Crippen LogP contribution >= 0.6 is 0 Å². The van der Waals surface area contributed by atoms with Gasteiger partial charge >= 0.3 is 0 Å². The molecule has 3 rings (SSSR count). The molecule has 0 saturated carbocycles. The molecule has 1 saturated heterocycles. The molecule has 0 radical (unpaired) electrons.